The van der Waals surface area contributed by atoms with Gasteiger partial charge in [-0.15, -0.1) is 0 Å². The van der Waals surface area contributed by atoms with E-state index in [2.05, 4.69) is 5.32 Å². The third-order valence-electron chi connectivity index (χ3n) is 4.86. The molecule has 0 bridgehead atoms. The lowest BCUT2D eigenvalue weighted by Gasteiger charge is -2.26. The zero-order valence-corrected chi connectivity index (χ0v) is 15.5. The highest BCUT2D eigenvalue weighted by molar-refractivity contribution is 6.42. The van der Waals surface area contributed by atoms with E-state index < -0.39 is 11.7 Å². The van der Waals surface area contributed by atoms with Gasteiger partial charge < -0.3 is 10.1 Å². The molecule has 0 saturated heterocycles. The van der Waals surface area contributed by atoms with Gasteiger partial charge in [-0.2, -0.15) is 0 Å². The van der Waals surface area contributed by atoms with Crippen molar-refractivity contribution < 1.29 is 14.0 Å². The van der Waals surface area contributed by atoms with Crippen LogP contribution in [0.3, 0.4) is 0 Å². The van der Waals surface area contributed by atoms with Crippen LogP contribution in [0.25, 0.3) is 0 Å². The van der Waals surface area contributed by atoms with E-state index in [9.17, 15) is 14.0 Å². The van der Waals surface area contributed by atoms with Crippen molar-refractivity contribution >= 4 is 41.1 Å². The molecule has 1 fully saturated rings. The summed E-state index contributed by atoms with van der Waals surface area (Å²) in [6, 6.07) is 9.37. The number of nitrogens with one attached hydrogen (secondary N) is 1. The molecule has 1 aliphatic rings. The van der Waals surface area contributed by atoms with Gasteiger partial charge in [0.1, 0.15) is 12.1 Å². The Morgan fingerprint density at radius 3 is 2.38 bits per heavy atom. The van der Waals surface area contributed by atoms with Crippen molar-refractivity contribution in [1.29, 1.82) is 0 Å². The zero-order chi connectivity index (χ0) is 18.7. The average molecular weight is 394 g/mol. The molecule has 0 spiro atoms. The molecule has 1 saturated carbocycles. The van der Waals surface area contributed by atoms with E-state index in [-0.39, 0.29) is 22.5 Å². The first-order chi connectivity index (χ1) is 12.5. The Balaban J connectivity index is 1.70. The number of amides is 1. The number of anilines is 1. The Labute approximate surface area is 161 Å². The van der Waals surface area contributed by atoms with E-state index in [1.807, 2.05) is 6.07 Å². The van der Waals surface area contributed by atoms with Gasteiger partial charge in [-0.3, -0.25) is 4.79 Å². The fraction of sp³-hybridized carbons (Fsp3) is 0.300. The number of rotatable bonds is 4. The number of carbonyl (C=O) groups excluding carboxylic acids is 2. The van der Waals surface area contributed by atoms with Crippen molar-refractivity contribution in [3.05, 3.63) is 63.4 Å². The Morgan fingerprint density at radius 2 is 1.77 bits per heavy atom. The molecule has 0 atom stereocenters. The van der Waals surface area contributed by atoms with Crippen LogP contribution in [0.5, 0.6) is 0 Å². The van der Waals surface area contributed by atoms with E-state index >= 15 is 0 Å². The second-order valence-electron chi connectivity index (χ2n) is 6.57. The number of halogens is 3. The van der Waals surface area contributed by atoms with Gasteiger partial charge in [0.2, 0.25) is 0 Å². The predicted molar refractivity (Wildman–Crippen MR) is 102 cm³/mol. The fourth-order valence-electron chi connectivity index (χ4n) is 3.31. The van der Waals surface area contributed by atoms with E-state index in [4.69, 9.17) is 23.2 Å². The lowest BCUT2D eigenvalue weighted by Crippen LogP contribution is -2.15. The quantitative estimate of drug-likeness (QED) is 0.661. The molecule has 0 aromatic heterocycles. The van der Waals surface area contributed by atoms with E-state index in [0.717, 1.165) is 37.5 Å². The van der Waals surface area contributed by atoms with Crippen molar-refractivity contribution in [1.82, 2.24) is 0 Å². The van der Waals surface area contributed by atoms with Gasteiger partial charge in [0.05, 0.1) is 15.7 Å². The summed E-state index contributed by atoms with van der Waals surface area (Å²) in [6.07, 6.45) is 4.44. The number of hydrogen-bond donors (Lipinski definition) is 1. The molecule has 1 N–H and O–H groups in total. The van der Waals surface area contributed by atoms with Crippen LogP contribution in [-0.2, 0) is 4.79 Å². The second-order valence-corrected chi connectivity index (χ2v) is 7.38. The number of aldehydes is 1. The van der Waals surface area contributed by atoms with Crippen LogP contribution in [0.1, 0.15) is 47.5 Å². The van der Waals surface area contributed by atoms with Crippen LogP contribution < -0.4 is 5.32 Å². The molecule has 2 aromatic carbocycles. The summed E-state index contributed by atoms with van der Waals surface area (Å²) in [4.78, 5) is 23.1. The van der Waals surface area contributed by atoms with Crippen LogP contribution in [0, 0.1) is 11.7 Å². The monoisotopic (exact) mass is 393 g/mol. The second kappa shape index (κ2) is 8.19. The standard InChI is InChI=1S/C20H18Cl2FNO2/c21-16-7-5-15(9-17(16)22)20(26)24-19-8-6-14(10-18(19)23)13-3-1-12(11-25)2-4-13/h5-13H,1-4H2,(H,24,26). The van der Waals surface area contributed by atoms with Gasteiger partial charge in [-0.25, -0.2) is 4.39 Å². The molecule has 0 aliphatic heterocycles. The highest BCUT2D eigenvalue weighted by atomic mass is 35.5. The fourth-order valence-corrected chi connectivity index (χ4v) is 3.61. The van der Waals surface area contributed by atoms with Crippen molar-refractivity contribution in [2.24, 2.45) is 5.92 Å². The summed E-state index contributed by atoms with van der Waals surface area (Å²) >= 11 is 11.7. The Kier molecular flexibility index (Phi) is 5.94. The molecular formula is C20H18Cl2FNO2. The maximum Gasteiger partial charge on any atom is 0.255 e. The topological polar surface area (TPSA) is 46.2 Å². The summed E-state index contributed by atoms with van der Waals surface area (Å²) in [7, 11) is 0. The number of hydrogen-bond acceptors (Lipinski definition) is 2. The van der Waals surface area contributed by atoms with Crippen LogP contribution in [-0.4, -0.2) is 12.2 Å². The molecule has 0 heterocycles. The lowest BCUT2D eigenvalue weighted by atomic mass is 9.79. The van der Waals surface area contributed by atoms with Gasteiger partial charge in [-0.1, -0.05) is 29.3 Å². The zero-order valence-electron chi connectivity index (χ0n) is 14.0. The molecular weight excluding hydrogens is 376 g/mol. The summed E-state index contributed by atoms with van der Waals surface area (Å²) in [6.45, 7) is 0. The van der Waals surface area contributed by atoms with Gasteiger partial charge in [-0.05, 0) is 67.5 Å². The van der Waals surface area contributed by atoms with Crippen molar-refractivity contribution in [3.8, 4) is 0 Å². The normalized spacial score (nSPS) is 19.8. The van der Waals surface area contributed by atoms with E-state index in [1.54, 1.807) is 6.07 Å². The number of benzene rings is 2. The van der Waals surface area contributed by atoms with Crippen LogP contribution in [0.2, 0.25) is 10.0 Å². The minimum Gasteiger partial charge on any atom is -0.319 e. The van der Waals surface area contributed by atoms with Crippen molar-refractivity contribution in [2.45, 2.75) is 31.6 Å². The van der Waals surface area contributed by atoms with E-state index in [0.29, 0.717) is 10.6 Å². The molecule has 0 unspecified atom stereocenters. The Morgan fingerprint density at radius 1 is 1.04 bits per heavy atom. The molecule has 6 heteroatoms. The molecule has 0 radical (unpaired) electrons. The van der Waals surface area contributed by atoms with Gasteiger partial charge >= 0.3 is 0 Å². The maximum absolute atomic E-state index is 14.4. The van der Waals surface area contributed by atoms with E-state index in [1.165, 1.54) is 24.3 Å². The molecule has 3 nitrogen and oxygen atoms in total. The lowest BCUT2D eigenvalue weighted by molar-refractivity contribution is -0.111. The van der Waals surface area contributed by atoms with Gasteiger partial charge in [0.15, 0.2) is 0 Å². The van der Waals surface area contributed by atoms with Gasteiger partial charge in [0.25, 0.3) is 5.91 Å². The minimum atomic E-state index is -0.478. The molecule has 1 amide bonds. The predicted octanol–water partition coefficient (Wildman–Crippen LogP) is 5.86. The Bertz CT molecular complexity index is 833. The largest absolute Gasteiger partial charge is 0.319 e. The van der Waals surface area contributed by atoms with Crippen LogP contribution in [0.4, 0.5) is 10.1 Å². The summed E-state index contributed by atoms with van der Waals surface area (Å²) in [5.41, 5.74) is 1.32. The first-order valence-corrected chi connectivity index (χ1v) is 9.24. The highest BCUT2D eigenvalue weighted by Crippen LogP contribution is 2.36. The van der Waals surface area contributed by atoms with Crippen molar-refractivity contribution in [2.75, 3.05) is 5.32 Å². The molecule has 136 valence electrons. The van der Waals surface area contributed by atoms with Gasteiger partial charge in [0, 0.05) is 11.5 Å². The number of carbonyl (C=O) groups is 2. The van der Waals surface area contributed by atoms with Crippen LogP contribution in [0.15, 0.2) is 36.4 Å². The Hall–Kier alpha value is -1.91. The first-order valence-electron chi connectivity index (χ1n) is 8.49. The van der Waals surface area contributed by atoms with Crippen molar-refractivity contribution in [3.63, 3.8) is 0 Å². The maximum atomic E-state index is 14.4. The third kappa shape index (κ3) is 4.25. The highest BCUT2D eigenvalue weighted by Gasteiger charge is 2.23. The summed E-state index contributed by atoms with van der Waals surface area (Å²) in [5.74, 6) is -0.559. The SMILES string of the molecule is O=CC1CCC(c2ccc(NC(=O)c3ccc(Cl)c(Cl)c3)c(F)c2)CC1. The van der Waals surface area contributed by atoms with Crippen LogP contribution >= 0.6 is 23.2 Å². The molecule has 26 heavy (non-hydrogen) atoms. The molecule has 3 rings (SSSR count). The average Bonchev–Trinajstić information content (AvgIpc) is 2.65. The smallest absolute Gasteiger partial charge is 0.255 e. The third-order valence-corrected chi connectivity index (χ3v) is 5.60. The summed E-state index contributed by atoms with van der Waals surface area (Å²) < 4.78 is 14.4. The summed E-state index contributed by atoms with van der Waals surface area (Å²) in [5, 5.41) is 3.17. The minimum absolute atomic E-state index is 0.117. The molecule has 2 aromatic rings. The first kappa shape index (κ1) is 18.9. The molecule has 1 aliphatic carbocycles.